The van der Waals surface area contributed by atoms with E-state index in [9.17, 15) is 4.79 Å². The molecule has 0 unspecified atom stereocenters. The molecule has 0 saturated heterocycles. The maximum absolute atomic E-state index is 12.8. The lowest BCUT2D eigenvalue weighted by atomic mass is 9.84. The quantitative estimate of drug-likeness (QED) is 0.465. The molecule has 0 aliphatic carbocycles. The van der Waals surface area contributed by atoms with Crippen molar-refractivity contribution in [3.63, 3.8) is 0 Å². The summed E-state index contributed by atoms with van der Waals surface area (Å²) in [6.07, 6.45) is 3.77. The van der Waals surface area contributed by atoms with Crippen molar-refractivity contribution in [2.45, 2.75) is 52.4 Å². The molecule has 1 aromatic heterocycles. The highest BCUT2D eigenvalue weighted by Gasteiger charge is 2.41. The number of ether oxygens (including phenoxy) is 3. The highest BCUT2D eigenvalue weighted by atomic mass is 16.5. The van der Waals surface area contributed by atoms with E-state index in [4.69, 9.17) is 18.6 Å². The first kappa shape index (κ1) is 20.8. The lowest BCUT2D eigenvalue weighted by molar-refractivity contribution is -0.0328. The molecule has 0 amide bonds. The van der Waals surface area contributed by atoms with E-state index in [2.05, 4.69) is 13.0 Å². The first-order valence-electron chi connectivity index (χ1n) is 11.2. The van der Waals surface area contributed by atoms with Crippen LogP contribution in [0.5, 0.6) is 11.5 Å². The Hall–Kier alpha value is -3.05. The summed E-state index contributed by atoms with van der Waals surface area (Å²) in [5.74, 6) is 1.43. The van der Waals surface area contributed by atoms with Gasteiger partial charge in [0.1, 0.15) is 23.2 Å². The van der Waals surface area contributed by atoms with Crippen molar-refractivity contribution < 1.29 is 18.6 Å². The summed E-state index contributed by atoms with van der Waals surface area (Å²) in [5.41, 5.74) is 2.91. The maximum Gasteiger partial charge on any atom is 0.336 e. The van der Waals surface area contributed by atoms with Gasteiger partial charge in [-0.1, -0.05) is 37.3 Å². The number of benzene rings is 2. The van der Waals surface area contributed by atoms with Crippen LogP contribution in [0.15, 0.2) is 51.7 Å². The molecule has 5 nitrogen and oxygen atoms in total. The summed E-state index contributed by atoms with van der Waals surface area (Å²) in [6, 6.07) is 11.4. The lowest BCUT2D eigenvalue weighted by Crippen LogP contribution is -2.35. The van der Waals surface area contributed by atoms with E-state index in [0.717, 1.165) is 27.6 Å². The average Bonchev–Trinajstić information content (AvgIpc) is 2.76. The van der Waals surface area contributed by atoms with Crippen molar-refractivity contribution in [2.75, 3.05) is 6.61 Å². The molecule has 0 radical (unpaired) electrons. The van der Waals surface area contributed by atoms with E-state index in [1.165, 1.54) is 0 Å². The molecular weight excluding hydrogens is 404 g/mol. The number of hydrogen-bond donors (Lipinski definition) is 0. The fourth-order valence-corrected chi connectivity index (χ4v) is 4.68. The summed E-state index contributed by atoms with van der Waals surface area (Å²) < 4.78 is 25.0. The van der Waals surface area contributed by atoms with Gasteiger partial charge in [-0.3, -0.25) is 0 Å². The van der Waals surface area contributed by atoms with Crippen LogP contribution in [0, 0.1) is 5.92 Å². The monoisotopic (exact) mass is 432 g/mol. The van der Waals surface area contributed by atoms with E-state index >= 15 is 0 Å². The van der Waals surface area contributed by atoms with Crippen molar-refractivity contribution in [1.82, 2.24) is 0 Å². The third-order valence-electron chi connectivity index (χ3n) is 6.42. The standard InChI is InChI=1S/C27H28O5/c1-6-29-23-15(2)16(3)30-24-18-12-13-27(4,5)32-25(18)21-19(17-10-8-7-9-11-17)14-20(28)31-26(21)22(23)24/h7-16,23H,6H2,1-5H3/t15-,16+,23+/m0/s1. The molecule has 3 aromatic rings. The minimum Gasteiger partial charge on any atom is -0.489 e. The number of hydrogen-bond acceptors (Lipinski definition) is 5. The van der Waals surface area contributed by atoms with Crippen LogP contribution in [-0.4, -0.2) is 18.3 Å². The van der Waals surface area contributed by atoms with Gasteiger partial charge < -0.3 is 18.6 Å². The van der Waals surface area contributed by atoms with Crippen LogP contribution in [0.25, 0.3) is 28.2 Å². The zero-order valence-electron chi connectivity index (χ0n) is 19.1. The van der Waals surface area contributed by atoms with Crippen molar-refractivity contribution >= 4 is 17.0 Å². The van der Waals surface area contributed by atoms with E-state index in [1.807, 2.05) is 64.1 Å². The predicted octanol–water partition coefficient (Wildman–Crippen LogP) is 6.14. The number of fused-ring (bicyclic) bond motifs is 6. The normalized spacial score (nSPS) is 23.2. The van der Waals surface area contributed by atoms with Gasteiger partial charge in [-0.25, -0.2) is 4.79 Å². The zero-order valence-corrected chi connectivity index (χ0v) is 19.1. The smallest absolute Gasteiger partial charge is 0.336 e. The average molecular weight is 433 g/mol. The van der Waals surface area contributed by atoms with Gasteiger partial charge in [0.2, 0.25) is 0 Å². The fourth-order valence-electron chi connectivity index (χ4n) is 4.68. The Kier molecular flexibility index (Phi) is 4.90. The molecule has 0 bridgehead atoms. The molecule has 166 valence electrons. The molecular formula is C27H28O5. The third kappa shape index (κ3) is 3.23. The Labute approximate surface area is 187 Å². The Morgan fingerprint density at radius 3 is 2.56 bits per heavy atom. The highest BCUT2D eigenvalue weighted by molar-refractivity contribution is 6.04. The molecule has 32 heavy (non-hydrogen) atoms. The maximum atomic E-state index is 12.8. The van der Waals surface area contributed by atoms with E-state index in [1.54, 1.807) is 6.07 Å². The molecule has 0 saturated carbocycles. The predicted molar refractivity (Wildman–Crippen MR) is 125 cm³/mol. The van der Waals surface area contributed by atoms with Gasteiger partial charge >= 0.3 is 5.63 Å². The Morgan fingerprint density at radius 2 is 1.84 bits per heavy atom. The van der Waals surface area contributed by atoms with Crippen LogP contribution in [-0.2, 0) is 4.74 Å². The highest BCUT2D eigenvalue weighted by Crippen LogP contribution is 2.54. The van der Waals surface area contributed by atoms with Gasteiger partial charge in [-0.2, -0.15) is 0 Å². The third-order valence-corrected chi connectivity index (χ3v) is 6.42. The molecule has 3 atom stereocenters. The zero-order chi connectivity index (χ0) is 22.6. The van der Waals surface area contributed by atoms with E-state index in [0.29, 0.717) is 23.7 Å². The van der Waals surface area contributed by atoms with Gasteiger partial charge in [0, 0.05) is 24.2 Å². The minimum atomic E-state index is -0.509. The summed E-state index contributed by atoms with van der Waals surface area (Å²) in [5, 5.41) is 0.775. The van der Waals surface area contributed by atoms with E-state index < -0.39 is 11.2 Å². The largest absolute Gasteiger partial charge is 0.489 e. The van der Waals surface area contributed by atoms with Gasteiger partial charge in [-0.05, 0) is 45.4 Å². The van der Waals surface area contributed by atoms with E-state index in [-0.39, 0.29) is 18.1 Å². The summed E-state index contributed by atoms with van der Waals surface area (Å²) in [4.78, 5) is 12.8. The summed E-state index contributed by atoms with van der Waals surface area (Å²) in [6.45, 7) is 10.7. The molecule has 2 aliphatic rings. The Bertz CT molecular complexity index is 1270. The first-order valence-corrected chi connectivity index (χ1v) is 11.2. The molecule has 5 heteroatoms. The van der Waals surface area contributed by atoms with Crippen molar-refractivity contribution in [2.24, 2.45) is 5.92 Å². The van der Waals surface area contributed by atoms with Gasteiger partial charge in [0.05, 0.1) is 22.6 Å². The Morgan fingerprint density at radius 1 is 1.09 bits per heavy atom. The fraction of sp³-hybridized carbons (Fsp3) is 0.370. The van der Waals surface area contributed by atoms with Crippen molar-refractivity contribution in [3.05, 3.63) is 64.0 Å². The van der Waals surface area contributed by atoms with Crippen LogP contribution >= 0.6 is 0 Å². The van der Waals surface area contributed by atoms with Gasteiger partial charge in [0.25, 0.3) is 0 Å². The molecule has 0 N–H and O–H groups in total. The number of rotatable bonds is 3. The van der Waals surface area contributed by atoms with Crippen LogP contribution in [0.4, 0.5) is 0 Å². The second-order valence-corrected chi connectivity index (χ2v) is 9.13. The molecule has 2 aromatic carbocycles. The second kappa shape index (κ2) is 7.52. The SMILES string of the molecule is CCO[C@H]1c2c(c3c(c4c(-c5ccccc5)cc(=O)oc24)OC(C)(C)C=C3)O[C@H](C)[C@@H]1C. The topological polar surface area (TPSA) is 57.9 Å². The van der Waals surface area contributed by atoms with Gasteiger partial charge in [-0.15, -0.1) is 0 Å². The minimum absolute atomic E-state index is 0.0621. The summed E-state index contributed by atoms with van der Waals surface area (Å²) >= 11 is 0. The van der Waals surface area contributed by atoms with Crippen LogP contribution < -0.4 is 15.1 Å². The Balaban J connectivity index is 1.96. The second-order valence-electron chi connectivity index (χ2n) is 9.13. The molecule has 3 heterocycles. The van der Waals surface area contributed by atoms with Crippen LogP contribution in [0.3, 0.4) is 0 Å². The van der Waals surface area contributed by atoms with Crippen LogP contribution in [0.1, 0.15) is 51.8 Å². The molecule has 5 rings (SSSR count). The molecule has 0 spiro atoms. The van der Waals surface area contributed by atoms with Crippen molar-refractivity contribution in [1.29, 1.82) is 0 Å². The van der Waals surface area contributed by atoms with Gasteiger partial charge in [0.15, 0.2) is 5.58 Å². The molecule has 0 fully saturated rings. The summed E-state index contributed by atoms with van der Waals surface area (Å²) in [7, 11) is 0. The molecule has 2 aliphatic heterocycles. The van der Waals surface area contributed by atoms with Crippen molar-refractivity contribution in [3.8, 4) is 22.6 Å². The van der Waals surface area contributed by atoms with Crippen LogP contribution in [0.2, 0.25) is 0 Å². The first-order chi connectivity index (χ1) is 15.3. The lowest BCUT2D eigenvalue weighted by Gasteiger charge is -2.39.